The van der Waals surface area contributed by atoms with Crippen LogP contribution >= 0.6 is 0 Å². The topological polar surface area (TPSA) is 141 Å². The molecule has 2 aromatic carbocycles. The SMILES string of the molecule is CCO[C@H]1CN(C)C(=O)[C@@H]2C[C@@H](CN2c2ncnc3c2cnn3-c2c(F)cc(F)cc2OC)Nc2nccc(n2)-c2cc(F)cc3nc(C)n(c23)C1. The van der Waals surface area contributed by atoms with E-state index in [1.807, 2.05) is 23.3 Å². The van der Waals surface area contributed by atoms with E-state index in [-0.39, 0.29) is 35.6 Å². The van der Waals surface area contributed by atoms with Crippen LogP contribution in [0.3, 0.4) is 0 Å². The summed E-state index contributed by atoms with van der Waals surface area (Å²) in [7, 11) is 3.04. The molecule has 1 fully saturated rings. The molecule has 8 rings (SSSR count). The van der Waals surface area contributed by atoms with E-state index in [1.54, 1.807) is 24.2 Å². The summed E-state index contributed by atoms with van der Waals surface area (Å²) in [5.74, 6) is -1.04. The van der Waals surface area contributed by atoms with E-state index in [0.29, 0.717) is 71.4 Å². The molecule has 0 saturated carbocycles. The lowest BCUT2D eigenvalue weighted by atomic mass is 10.1. The van der Waals surface area contributed by atoms with Crippen molar-refractivity contribution in [3.05, 3.63) is 72.3 Å². The molecule has 6 heterocycles. The number of imidazole rings is 1. The molecule has 14 nitrogen and oxygen atoms in total. The van der Waals surface area contributed by atoms with Crippen molar-refractivity contribution < 1.29 is 27.4 Å². The molecule has 3 atom stereocenters. The van der Waals surface area contributed by atoms with Crippen LogP contribution in [0.2, 0.25) is 0 Å². The molecule has 0 spiro atoms. The zero-order valence-corrected chi connectivity index (χ0v) is 28.7. The zero-order valence-electron chi connectivity index (χ0n) is 28.7. The number of likely N-dealkylation sites (N-methyl/N-ethyl adjacent to an activating group) is 1. The molecule has 4 bridgehead atoms. The highest BCUT2D eigenvalue weighted by molar-refractivity contribution is 5.94. The number of rotatable bonds is 5. The molecule has 1 amide bonds. The molecule has 0 unspecified atom stereocenters. The van der Waals surface area contributed by atoms with Crippen molar-refractivity contribution in [2.75, 3.05) is 44.1 Å². The fourth-order valence-corrected chi connectivity index (χ4v) is 7.32. The Morgan fingerprint density at radius 3 is 2.65 bits per heavy atom. The highest BCUT2D eigenvalue weighted by Crippen LogP contribution is 2.36. The molecule has 4 aromatic heterocycles. The molecule has 1 N–H and O–H groups in total. The lowest BCUT2D eigenvalue weighted by Crippen LogP contribution is -2.47. The summed E-state index contributed by atoms with van der Waals surface area (Å²) in [5, 5.41) is 8.21. The second-order valence-electron chi connectivity index (χ2n) is 12.8. The number of carbonyl (C=O) groups excluding carboxylic acids is 1. The number of aryl methyl sites for hydroxylation is 1. The van der Waals surface area contributed by atoms with E-state index < -0.39 is 29.6 Å². The Bertz CT molecular complexity index is 2350. The number of anilines is 2. The van der Waals surface area contributed by atoms with E-state index in [9.17, 15) is 9.18 Å². The summed E-state index contributed by atoms with van der Waals surface area (Å²) < 4.78 is 58.9. The van der Waals surface area contributed by atoms with Gasteiger partial charge in [0.1, 0.15) is 41.3 Å². The van der Waals surface area contributed by atoms with Crippen LogP contribution < -0.4 is 15.0 Å². The van der Waals surface area contributed by atoms with Gasteiger partial charge < -0.3 is 29.2 Å². The Labute approximate surface area is 295 Å². The smallest absolute Gasteiger partial charge is 0.245 e. The first-order valence-corrected chi connectivity index (χ1v) is 16.7. The van der Waals surface area contributed by atoms with Crippen molar-refractivity contribution in [1.82, 2.24) is 44.2 Å². The van der Waals surface area contributed by atoms with Crippen LogP contribution in [-0.4, -0.2) is 102 Å². The standard InChI is InChI=1S/C35H34F3N11O3/c1-5-52-22-15-46(3)34(50)28-12-21(44-35-39-7-6-26(45-35)23-8-19(36)10-27-30(23)47(16-22)18(2)43-27)14-48(28)32-24-13-42-49(33(24)41-17-40-32)31-25(38)9-20(37)11-29(31)51-4/h6-11,13,17,21-22,28H,5,12,14-16H2,1-4H3,(H,39,44,45)/t21-,22-,28-/m0/s1. The number of benzene rings is 2. The third kappa shape index (κ3) is 5.70. The largest absolute Gasteiger partial charge is 0.494 e. The minimum absolute atomic E-state index is 0.0704. The van der Waals surface area contributed by atoms with Crippen molar-refractivity contribution in [3.8, 4) is 22.7 Å². The van der Waals surface area contributed by atoms with Crippen LogP contribution in [-0.2, 0) is 16.1 Å². The number of hydrogen-bond acceptors (Lipinski definition) is 11. The molecule has 52 heavy (non-hydrogen) atoms. The van der Waals surface area contributed by atoms with E-state index in [4.69, 9.17) is 14.5 Å². The Kier molecular flexibility index (Phi) is 8.36. The second-order valence-corrected chi connectivity index (χ2v) is 12.8. The van der Waals surface area contributed by atoms with Crippen molar-refractivity contribution in [3.63, 3.8) is 0 Å². The van der Waals surface area contributed by atoms with Crippen LogP contribution in [0.25, 0.3) is 39.0 Å². The van der Waals surface area contributed by atoms with E-state index in [1.165, 1.54) is 36.4 Å². The average molecular weight is 714 g/mol. The van der Waals surface area contributed by atoms with Crippen molar-refractivity contribution in [2.45, 2.75) is 45.0 Å². The number of nitrogens with zero attached hydrogens (tertiary/aromatic N) is 10. The quantitative estimate of drug-likeness (QED) is 0.274. The maximum Gasteiger partial charge on any atom is 0.245 e. The normalized spacial score (nSPS) is 19.2. The first-order chi connectivity index (χ1) is 25.1. The maximum absolute atomic E-state index is 15.2. The summed E-state index contributed by atoms with van der Waals surface area (Å²) in [6, 6.07) is 5.33. The number of amides is 1. The number of halogens is 3. The van der Waals surface area contributed by atoms with Gasteiger partial charge >= 0.3 is 0 Å². The van der Waals surface area contributed by atoms with Gasteiger partial charge in [0.05, 0.1) is 48.1 Å². The molecule has 0 aliphatic carbocycles. The van der Waals surface area contributed by atoms with E-state index in [0.717, 1.165) is 12.1 Å². The summed E-state index contributed by atoms with van der Waals surface area (Å²) in [5.41, 5.74) is 2.35. The molecule has 17 heteroatoms. The van der Waals surface area contributed by atoms with E-state index in [2.05, 4.69) is 30.4 Å². The monoisotopic (exact) mass is 713 g/mol. The molecule has 2 aliphatic rings. The fourth-order valence-electron chi connectivity index (χ4n) is 7.32. The van der Waals surface area contributed by atoms with Gasteiger partial charge in [-0.25, -0.2) is 42.8 Å². The minimum Gasteiger partial charge on any atom is -0.494 e. The van der Waals surface area contributed by atoms with Crippen molar-refractivity contribution in [1.29, 1.82) is 0 Å². The highest BCUT2D eigenvalue weighted by Gasteiger charge is 2.41. The number of carbonyl (C=O) groups is 1. The van der Waals surface area contributed by atoms with Gasteiger partial charge in [0.25, 0.3) is 0 Å². The zero-order chi connectivity index (χ0) is 36.3. The number of ether oxygens (including phenoxy) is 2. The number of fused-ring (bicyclic) bond motifs is 6. The molecule has 6 aromatic rings. The Hall–Kier alpha value is -5.84. The second kappa shape index (κ2) is 13.0. The van der Waals surface area contributed by atoms with Gasteiger partial charge in [-0.1, -0.05) is 0 Å². The summed E-state index contributed by atoms with van der Waals surface area (Å²) >= 11 is 0. The van der Waals surface area contributed by atoms with Crippen LogP contribution in [0, 0.1) is 24.4 Å². The predicted octanol–water partition coefficient (Wildman–Crippen LogP) is 4.29. The van der Waals surface area contributed by atoms with Gasteiger partial charge in [-0.3, -0.25) is 4.79 Å². The van der Waals surface area contributed by atoms with Crippen LogP contribution in [0.15, 0.2) is 49.1 Å². The maximum atomic E-state index is 15.2. The molecule has 1 saturated heterocycles. The summed E-state index contributed by atoms with van der Waals surface area (Å²) in [6.07, 6.45) is 4.30. The molecule has 268 valence electrons. The van der Waals surface area contributed by atoms with Gasteiger partial charge in [0.2, 0.25) is 11.9 Å². The minimum atomic E-state index is -0.890. The first kappa shape index (κ1) is 33.3. The molecular weight excluding hydrogens is 679 g/mol. The summed E-state index contributed by atoms with van der Waals surface area (Å²) in [4.78, 5) is 40.9. The number of nitrogens with one attached hydrogen (secondary N) is 1. The highest BCUT2D eigenvalue weighted by atomic mass is 19.1. The first-order valence-electron chi connectivity index (χ1n) is 16.7. The number of hydrogen-bond donors (Lipinski definition) is 1. The van der Waals surface area contributed by atoms with Crippen LogP contribution in [0.4, 0.5) is 24.9 Å². The number of aromatic nitrogens is 8. The van der Waals surface area contributed by atoms with Crippen molar-refractivity contribution >= 4 is 39.7 Å². The third-order valence-electron chi connectivity index (χ3n) is 9.53. The van der Waals surface area contributed by atoms with E-state index >= 15 is 8.78 Å². The van der Waals surface area contributed by atoms with Gasteiger partial charge in [-0.2, -0.15) is 5.10 Å². The molecule has 0 radical (unpaired) electrons. The average Bonchev–Trinajstić information content (AvgIpc) is 3.82. The fraction of sp³-hybridized carbons (Fsp3) is 0.343. The van der Waals surface area contributed by atoms with Gasteiger partial charge in [-0.05, 0) is 32.4 Å². The molecule has 2 aliphatic heterocycles. The summed E-state index contributed by atoms with van der Waals surface area (Å²) in [6.45, 7) is 5.03. The Balaban J connectivity index is 1.23. The van der Waals surface area contributed by atoms with Crippen LogP contribution in [0.5, 0.6) is 5.75 Å². The van der Waals surface area contributed by atoms with Gasteiger partial charge in [0.15, 0.2) is 17.2 Å². The lowest BCUT2D eigenvalue weighted by molar-refractivity contribution is -0.133. The lowest BCUT2D eigenvalue weighted by Gasteiger charge is -2.31. The van der Waals surface area contributed by atoms with Gasteiger partial charge in [-0.15, -0.1) is 0 Å². The van der Waals surface area contributed by atoms with Crippen molar-refractivity contribution in [2.24, 2.45) is 0 Å². The Morgan fingerprint density at radius 2 is 1.85 bits per heavy atom. The van der Waals surface area contributed by atoms with Crippen LogP contribution in [0.1, 0.15) is 19.2 Å². The van der Waals surface area contributed by atoms with Gasteiger partial charge in [0, 0.05) is 62.7 Å². The predicted molar refractivity (Wildman–Crippen MR) is 185 cm³/mol. The third-order valence-corrected chi connectivity index (χ3v) is 9.53. The molecular formula is C35H34F3N11O3. The Morgan fingerprint density at radius 1 is 1.02 bits per heavy atom. The number of methoxy groups -OCH3 is 1.